The van der Waals surface area contributed by atoms with E-state index in [1.807, 2.05) is 13.0 Å². The van der Waals surface area contributed by atoms with E-state index in [0.717, 1.165) is 5.56 Å². The van der Waals surface area contributed by atoms with Crippen molar-refractivity contribution in [2.45, 2.75) is 25.3 Å². The maximum absolute atomic E-state index is 12.9. The number of ether oxygens (including phenoxy) is 1. The van der Waals surface area contributed by atoms with Crippen molar-refractivity contribution in [2.24, 2.45) is 0 Å². The minimum absolute atomic E-state index is 0.0184. The lowest BCUT2D eigenvalue weighted by molar-refractivity contribution is 0.0429. The van der Waals surface area contributed by atoms with Crippen LogP contribution in [-0.2, 0) is 21.4 Å². The Bertz CT molecular complexity index is 1400. The van der Waals surface area contributed by atoms with Gasteiger partial charge in [-0.15, -0.1) is 0 Å². The third-order valence-electron chi connectivity index (χ3n) is 4.70. The van der Waals surface area contributed by atoms with Crippen LogP contribution in [0.1, 0.15) is 27.4 Å². The van der Waals surface area contributed by atoms with Gasteiger partial charge < -0.3 is 9.26 Å². The fraction of sp³-hybridized carbons (Fsp3) is 0.130. The summed E-state index contributed by atoms with van der Waals surface area (Å²) < 4.78 is 38.7. The number of nitrogens with zero attached hydrogens (tertiary/aromatic N) is 3. The predicted octanol–water partition coefficient (Wildman–Crippen LogP) is 3.91. The maximum atomic E-state index is 12.9. The van der Waals surface area contributed by atoms with Crippen LogP contribution in [0.3, 0.4) is 0 Å². The van der Waals surface area contributed by atoms with Gasteiger partial charge in [-0.05, 0) is 61.4 Å². The Balaban J connectivity index is 1.48. The zero-order valence-electron chi connectivity index (χ0n) is 17.8. The fourth-order valence-corrected chi connectivity index (χ4v) is 4.39. The smallest absolute Gasteiger partial charge is 0.338 e. The number of sulfonamides is 1. The summed E-state index contributed by atoms with van der Waals surface area (Å²) in [6.45, 7) is 3.25. The second-order valence-corrected chi connectivity index (χ2v) is 8.94. The van der Waals surface area contributed by atoms with Gasteiger partial charge in [0.25, 0.3) is 15.9 Å². The molecule has 168 valence electrons. The highest BCUT2D eigenvalue weighted by atomic mass is 32.2. The molecular formula is C23H20N4O5S. The normalized spacial score (nSPS) is 11.2. The minimum atomic E-state index is -3.92. The van der Waals surface area contributed by atoms with Crippen molar-refractivity contribution in [3.8, 4) is 11.4 Å². The number of aryl methyl sites for hydroxylation is 2. The average Bonchev–Trinajstić information content (AvgIpc) is 3.27. The highest BCUT2D eigenvalue weighted by molar-refractivity contribution is 7.92. The van der Waals surface area contributed by atoms with Gasteiger partial charge in [0.2, 0.25) is 5.82 Å². The number of pyridine rings is 1. The first-order valence-corrected chi connectivity index (χ1v) is 11.4. The molecule has 9 nitrogen and oxygen atoms in total. The molecule has 0 bridgehead atoms. The van der Waals surface area contributed by atoms with Gasteiger partial charge >= 0.3 is 5.97 Å². The Labute approximate surface area is 190 Å². The van der Waals surface area contributed by atoms with E-state index in [0.29, 0.717) is 22.6 Å². The van der Waals surface area contributed by atoms with Crippen LogP contribution in [0.5, 0.6) is 0 Å². The first kappa shape index (κ1) is 22.2. The number of hydrogen-bond donors (Lipinski definition) is 1. The standard InChI is InChI=1S/C23H20N4O5S/c1-15-5-3-7-19(11-15)27-33(29,30)20-12-17(9-8-16(20)2)23(28)31-14-21-25-22(26-32-21)18-6-4-10-24-13-18/h3-13,27H,14H2,1-2H3. The SMILES string of the molecule is Cc1cccc(NS(=O)(=O)c2cc(C(=O)OCc3nc(-c4cccnc4)no3)ccc2C)c1. The predicted molar refractivity (Wildman–Crippen MR) is 120 cm³/mol. The summed E-state index contributed by atoms with van der Waals surface area (Å²) in [5, 5.41) is 3.84. The van der Waals surface area contributed by atoms with Gasteiger partial charge in [0.05, 0.1) is 10.5 Å². The van der Waals surface area contributed by atoms with Gasteiger partial charge in [-0.1, -0.05) is 23.4 Å². The molecule has 33 heavy (non-hydrogen) atoms. The van der Waals surface area contributed by atoms with Crippen LogP contribution in [0.4, 0.5) is 5.69 Å². The first-order valence-electron chi connectivity index (χ1n) is 9.92. The lowest BCUT2D eigenvalue weighted by atomic mass is 10.1. The number of carbonyl (C=O) groups excluding carboxylic acids is 1. The van der Waals surface area contributed by atoms with Crippen molar-refractivity contribution >= 4 is 21.7 Å². The van der Waals surface area contributed by atoms with Crippen LogP contribution in [0.15, 0.2) is 76.4 Å². The molecule has 0 aliphatic rings. The topological polar surface area (TPSA) is 124 Å². The molecule has 1 N–H and O–H groups in total. The summed E-state index contributed by atoms with van der Waals surface area (Å²) in [5.74, 6) is -0.300. The van der Waals surface area contributed by atoms with Crippen molar-refractivity contribution < 1.29 is 22.5 Å². The molecule has 0 radical (unpaired) electrons. The number of benzene rings is 2. The van der Waals surface area contributed by atoms with Crippen molar-refractivity contribution in [2.75, 3.05) is 4.72 Å². The lowest BCUT2D eigenvalue weighted by Crippen LogP contribution is -2.15. The van der Waals surface area contributed by atoms with Gasteiger partial charge in [0.15, 0.2) is 6.61 Å². The Kier molecular flexibility index (Phi) is 6.18. The zero-order valence-corrected chi connectivity index (χ0v) is 18.7. The summed E-state index contributed by atoms with van der Waals surface area (Å²) in [6.07, 6.45) is 3.21. The highest BCUT2D eigenvalue weighted by Crippen LogP contribution is 2.22. The number of anilines is 1. The molecule has 0 aliphatic heterocycles. The Morgan fingerprint density at radius 1 is 1.09 bits per heavy atom. The Morgan fingerprint density at radius 2 is 1.94 bits per heavy atom. The minimum Gasteiger partial charge on any atom is -0.452 e. The number of hydrogen-bond acceptors (Lipinski definition) is 8. The number of rotatable bonds is 7. The second kappa shape index (κ2) is 9.21. The van der Waals surface area contributed by atoms with E-state index in [4.69, 9.17) is 9.26 Å². The van der Waals surface area contributed by atoms with Gasteiger partial charge in [0, 0.05) is 23.6 Å². The summed E-state index contributed by atoms with van der Waals surface area (Å²) >= 11 is 0. The second-order valence-electron chi connectivity index (χ2n) is 7.28. The van der Waals surface area contributed by atoms with E-state index in [-0.39, 0.29) is 23.0 Å². The summed E-state index contributed by atoms with van der Waals surface area (Å²) in [5.41, 5.74) is 2.58. The molecule has 0 aliphatic carbocycles. The highest BCUT2D eigenvalue weighted by Gasteiger charge is 2.20. The molecule has 10 heteroatoms. The Hall–Kier alpha value is -4.05. The molecule has 4 rings (SSSR count). The Morgan fingerprint density at radius 3 is 2.70 bits per heavy atom. The van der Waals surface area contributed by atoms with Gasteiger partial charge in [-0.2, -0.15) is 4.98 Å². The van der Waals surface area contributed by atoms with E-state index < -0.39 is 16.0 Å². The number of carbonyl (C=O) groups is 1. The lowest BCUT2D eigenvalue weighted by Gasteiger charge is -2.12. The van der Waals surface area contributed by atoms with Gasteiger partial charge in [-0.3, -0.25) is 9.71 Å². The van der Waals surface area contributed by atoms with Crippen molar-refractivity contribution in [1.82, 2.24) is 15.1 Å². The zero-order chi connectivity index (χ0) is 23.4. The summed E-state index contributed by atoms with van der Waals surface area (Å²) in [6, 6.07) is 14.8. The van der Waals surface area contributed by atoms with Crippen molar-refractivity contribution in [1.29, 1.82) is 0 Å². The van der Waals surface area contributed by atoms with Crippen LogP contribution >= 0.6 is 0 Å². The van der Waals surface area contributed by atoms with E-state index in [2.05, 4.69) is 19.8 Å². The molecular weight excluding hydrogens is 444 g/mol. The molecule has 0 unspecified atom stereocenters. The average molecular weight is 465 g/mol. The van der Waals surface area contributed by atoms with E-state index in [1.165, 1.54) is 12.1 Å². The van der Waals surface area contributed by atoms with Gasteiger partial charge in [0.1, 0.15) is 0 Å². The van der Waals surface area contributed by atoms with Crippen LogP contribution in [-0.4, -0.2) is 29.5 Å². The van der Waals surface area contributed by atoms with Crippen molar-refractivity contribution in [3.05, 3.63) is 89.6 Å². The van der Waals surface area contributed by atoms with E-state index >= 15 is 0 Å². The van der Waals surface area contributed by atoms with E-state index in [9.17, 15) is 13.2 Å². The monoisotopic (exact) mass is 464 g/mol. The molecule has 0 spiro atoms. The maximum Gasteiger partial charge on any atom is 0.338 e. The number of nitrogens with one attached hydrogen (secondary N) is 1. The first-order chi connectivity index (χ1) is 15.8. The van der Waals surface area contributed by atoms with E-state index in [1.54, 1.807) is 55.7 Å². The van der Waals surface area contributed by atoms with Crippen LogP contribution < -0.4 is 4.72 Å². The molecule has 4 aromatic rings. The molecule has 0 atom stereocenters. The molecule has 0 saturated carbocycles. The third kappa shape index (κ3) is 5.24. The molecule has 2 aromatic heterocycles. The molecule has 2 aromatic carbocycles. The van der Waals surface area contributed by atoms with Crippen LogP contribution in [0, 0.1) is 13.8 Å². The summed E-state index contributed by atoms with van der Waals surface area (Å²) in [4.78, 5) is 20.7. The third-order valence-corrected chi connectivity index (χ3v) is 6.22. The van der Waals surface area contributed by atoms with Gasteiger partial charge in [-0.25, -0.2) is 13.2 Å². The number of aromatic nitrogens is 3. The van der Waals surface area contributed by atoms with Crippen LogP contribution in [0.25, 0.3) is 11.4 Å². The molecule has 2 heterocycles. The fourth-order valence-electron chi connectivity index (χ4n) is 3.07. The quantitative estimate of drug-likeness (QED) is 0.408. The molecule has 0 saturated heterocycles. The van der Waals surface area contributed by atoms with Crippen LogP contribution in [0.2, 0.25) is 0 Å². The summed E-state index contributed by atoms with van der Waals surface area (Å²) in [7, 11) is -3.92. The van der Waals surface area contributed by atoms with Crippen molar-refractivity contribution in [3.63, 3.8) is 0 Å². The molecule has 0 fully saturated rings. The number of esters is 1. The molecule has 0 amide bonds. The largest absolute Gasteiger partial charge is 0.452 e.